The van der Waals surface area contributed by atoms with Gasteiger partial charge in [-0.3, -0.25) is 4.98 Å². The second-order valence-corrected chi connectivity index (χ2v) is 3.44. The van der Waals surface area contributed by atoms with Gasteiger partial charge in [-0.25, -0.2) is 15.0 Å². The van der Waals surface area contributed by atoms with E-state index in [1.54, 1.807) is 18.6 Å². The Labute approximate surface area is 93.8 Å². The summed E-state index contributed by atoms with van der Waals surface area (Å²) in [6.45, 7) is 3.96. The van der Waals surface area contributed by atoms with Crippen LogP contribution in [0.5, 0.6) is 0 Å². The van der Waals surface area contributed by atoms with Crippen LogP contribution in [0.1, 0.15) is 18.2 Å². The molecule has 0 bridgehead atoms. The predicted octanol–water partition coefficient (Wildman–Crippen LogP) is 1.39. The van der Waals surface area contributed by atoms with Crippen molar-refractivity contribution in [2.24, 2.45) is 0 Å². The number of aromatic nitrogens is 4. The molecule has 0 unspecified atom stereocenters. The normalized spacial score (nSPS) is 10.4. The summed E-state index contributed by atoms with van der Waals surface area (Å²) >= 11 is 0. The summed E-state index contributed by atoms with van der Waals surface area (Å²) in [5.41, 5.74) is 8.40. The highest BCUT2D eigenvalue weighted by Crippen LogP contribution is 2.18. The van der Waals surface area contributed by atoms with Crippen molar-refractivity contribution in [2.45, 2.75) is 20.3 Å². The topological polar surface area (TPSA) is 77.6 Å². The van der Waals surface area contributed by atoms with Crippen molar-refractivity contribution in [1.29, 1.82) is 0 Å². The first-order chi connectivity index (χ1) is 7.72. The van der Waals surface area contributed by atoms with Crippen LogP contribution in [0, 0.1) is 6.92 Å². The Morgan fingerprint density at radius 3 is 2.62 bits per heavy atom. The van der Waals surface area contributed by atoms with Crippen LogP contribution >= 0.6 is 0 Å². The zero-order valence-electron chi connectivity index (χ0n) is 9.31. The van der Waals surface area contributed by atoms with Gasteiger partial charge in [-0.1, -0.05) is 6.92 Å². The maximum atomic E-state index is 5.87. The minimum atomic E-state index is 0.524. The fourth-order valence-corrected chi connectivity index (χ4v) is 1.58. The Morgan fingerprint density at radius 2 is 2.06 bits per heavy atom. The standard InChI is InChI=1S/C11H13N5/c1-3-8-7(2)15-11(16-10(8)12)9-6-13-4-5-14-9/h4-6H,3H2,1-2H3,(H2,12,15,16). The van der Waals surface area contributed by atoms with Gasteiger partial charge in [0.25, 0.3) is 0 Å². The lowest BCUT2D eigenvalue weighted by molar-refractivity contribution is 0.999. The van der Waals surface area contributed by atoms with Crippen LogP contribution in [0.2, 0.25) is 0 Å². The summed E-state index contributed by atoms with van der Waals surface area (Å²) in [6.07, 6.45) is 5.68. The average molecular weight is 215 g/mol. The summed E-state index contributed by atoms with van der Waals surface area (Å²) in [5, 5.41) is 0. The van der Waals surface area contributed by atoms with Gasteiger partial charge in [0.05, 0.1) is 6.20 Å². The highest BCUT2D eigenvalue weighted by molar-refractivity contribution is 5.53. The molecule has 5 heteroatoms. The lowest BCUT2D eigenvalue weighted by Gasteiger charge is -2.07. The van der Waals surface area contributed by atoms with Crippen LogP contribution in [-0.2, 0) is 6.42 Å². The molecule has 0 fully saturated rings. The van der Waals surface area contributed by atoms with Crippen LogP contribution in [0.4, 0.5) is 5.82 Å². The van der Waals surface area contributed by atoms with Crippen LogP contribution in [0.15, 0.2) is 18.6 Å². The van der Waals surface area contributed by atoms with Crippen LogP contribution in [0.25, 0.3) is 11.5 Å². The minimum Gasteiger partial charge on any atom is -0.383 e. The molecule has 0 amide bonds. The average Bonchev–Trinajstić information content (AvgIpc) is 2.30. The Morgan fingerprint density at radius 1 is 1.25 bits per heavy atom. The first-order valence-corrected chi connectivity index (χ1v) is 5.11. The van der Waals surface area contributed by atoms with Gasteiger partial charge in [-0.05, 0) is 13.3 Å². The van der Waals surface area contributed by atoms with E-state index in [1.807, 2.05) is 13.8 Å². The second kappa shape index (κ2) is 4.22. The third kappa shape index (κ3) is 1.84. The van der Waals surface area contributed by atoms with E-state index >= 15 is 0 Å². The first-order valence-electron chi connectivity index (χ1n) is 5.11. The highest BCUT2D eigenvalue weighted by Gasteiger charge is 2.09. The zero-order chi connectivity index (χ0) is 11.5. The van der Waals surface area contributed by atoms with Crippen molar-refractivity contribution in [3.63, 3.8) is 0 Å². The number of nitrogens with two attached hydrogens (primary N) is 1. The first kappa shape index (κ1) is 10.5. The summed E-state index contributed by atoms with van der Waals surface area (Å²) in [7, 11) is 0. The van der Waals surface area contributed by atoms with Gasteiger partial charge in [-0.15, -0.1) is 0 Å². The maximum Gasteiger partial charge on any atom is 0.182 e. The number of aryl methyl sites for hydroxylation is 1. The molecule has 0 aliphatic carbocycles. The molecular weight excluding hydrogens is 202 g/mol. The molecule has 0 saturated carbocycles. The molecule has 0 radical (unpaired) electrons. The zero-order valence-corrected chi connectivity index (χ0v) is 9.31. The van der Waals surface area contributed by atoms with Gasteiger partial charge in [0.15, 0.2) is 5.82 Å². The van der Waals surface area contributed by atoms with Gasteiger partial charge in [0, 0.05) is 23.7 Å². The van der Waals surface area contributed by atoms with E-state index in [-0.39, 0.29) is 0 Å². The Balaban J connectivity index is 2.53. The van der Waals surface area contributed by atoms with Gasteiger partial charge in [0.2, 0.25) is 0 Å². The number of rotatable bonds is 2. The largest absolute Gasteiger partial charge is 0.383 e. The van der Waals surface area contributed by atoms with E-state index in [9.17, 15) is 0 Å². The second-order valence-electron chi connectivity index (χ2n) is 3.44. The maximum absolute atomic E-state index is 5.87. The summed E-state index contributed by atoms with van der Waals surface area (Å²) in [4.78, 5) is 16.7. The molecular formula is C11H13N5. The van der Waals surface area contributed by atoms with Crippen molar-refractivity contribution in [1.82, 2.24) is 19.9 Å². The quantitative estimate of drug-likeness (QED) is 0.819. The fraction of sp³-hybridized carbons (Fsp3) is 0.273. The van der Waals surface area contributed by atoms with E-state index in [1.165, 1.54) is 0 Å². The minimum absolute atomic E-state index is 0.524. The predicted molar refractivity (Wildman–Crippen MR) is 61.6 cm³/mol. The Kier molecular flexibility index (Phi) is 2.76. The molecule has 82 valence electrons. The fourth-order valence-electron chi connectivity index (χ4n) is 1.58. The number of nitrogen functional groups attached to an aromatic ring is 1. The van der Waals surface area contributed by atoms with Crippen molar-refractivity contribution in [3.8, 4) is 11.5 Å². The van der Waals surface area contributed by atoms with Crippen LogP contribution in [-0.4, -0.2) is 19.9 Å². The molecule has 5 nitrogen and oxygen atoms in total. The van der Waals surface area contributed by atoms with E-state index in [0.717, 1.165) is 17.7 Å². The number of hydrogen-bond acceptors (Lipinski definition) is 5. The summed E-state index contributed by atoms with van der Waals surface area (Å²) in [5.74, 6) is 1.05. The molecule has 0 atom stereocenters. The van der Waals surface area contributed by atoms with Gasteiger partial charge in [-0.2, -0.15) is 0 Å². The molecule has 2 aromatic heterocycles. The summed E-state index contributed by atoms with van der Waals surface area (Å²) < 4.78 is 0. The van der Waals surface area contributed by atoms with Crippen LogP contribution < -0.4 is 5.73 Å². The molecule has 2 heterocycles. The summed E-state index contributed by atoms with van der Waals surface area (Å²) in [6, 6.07) is 0. The number of hydrogen-bond donors (Lipinski definition) is 1. The third-order valence-corrected chi connectivity index (χ3v) is 2.39. The van der Waals surface area contributed by atoms with Crippen molar-refractivity contribution < 1.29 is 0 Å². The Hall–Kier alpha value is -2.04. The number of nitrogens with zero attached hydrogens (tertiary/aromatic N) is 4. The monoisotopic (exact) mass is 215 g/mol. The molecule has 0 saturated heterocycles. The van der Waals surface area contributed by atoms with Gasteiger partial charge >= 0.3 is 0 Å². The van der Waals surface area contributed by atoms with Crippen molar-refractivity contribution in [2.75, 3.05) is 5.73 Å². The van der Waals surface area contributed by atoms with E-state index in [2.05, 4.69) is 19.9 Å². The molecule has 2 aromatic rings. The van der Waals surface area contributed by atoms with Gasteiger partial charge in [0.1, 0.15) is 11.5 Å². The van der Waals surface area contributed by atoms with E-state index in [0.29, 0.717) is 17.3 Å². The van der Waals surface area contributed by atoms with E-state index in [4.69, 9.17) is 5.73 Å². The Bertz CT molecular complexity index is 472. The molecule has 2 rings (SSSR count). The molecule has 0 aromatic carbocycles. The van der Waals surface area contributed by atoms with Crippen molar-refractivity contribution >= 4 is 5.82 Å². The van der Waals surface area contributed by atoms with Crippen LogP contribution in [0.3, 0.4) is 0 Å². The number of anilines is 1. The van der Waals surface area contributed by atoms with E-state index < -0.39 is 0 Å². The molecule has 2 N–H and O–H groups in total. The SMILES string of the molecule is CCc1c(C)nc(-c2cnccn2)nc1N. The molecule has 0 aliphatic rings. The lowest BCUT2D eigenvalue weighted by atomic mass is 10.1. The molecule has 16 heavy (non-hydrogen) atoms. The smallest absolute Gasteiger partial charge is 0.182 e. The van der Waals surface area contributed by atoms with Gasteiger partial charge < -0.3 is 5.73 Å². The lowest BCUT2D eigenvalue weighted by Crippen LogP contribution is -2.05. The highest BCUT2D eigenvalue weighted by atomic mass is 15.0. The third-order valence-electron chi connectivity index (χ3n) is 2.39. The molecule has 0 aliphatic heterocycles. The molecule has 0 spiro atoms. The van der Waals surface area contributed by atoms with Crippen molar-refractivity contribution in [3.05, 3.63) is 29.8 Å².